The molecule has 0 aliphatic heterocycles. The van der Waals surface area contributed by atoms with Gasteiger partial charge in [0.15, 0.2) is 0 Å². The van der Waals surface area contributed by atoms with E-state index in [4.69, 9.17) is 11.5 Å². The highest BCUT2D eigenvalue weighted by molar-refractivity contribution is 5.36. The zero-order valence-corrected chi connectivity index (χ0v) is 8.33. The summed E-state index contributed by atoms with van der Waals surface area (Å²) < 4.78 is 0. The maximum atomic E-state index is 5.97. The van der Waals surface area contributed by atoms with Gasteiger partial charge in [-0.05, 0) is 17.1 Å². The number of hydrogen-bond acceptors (Lipinski definition) is 2. The molecule has 0 spiro atoms. The van der Waals surface area contributed by atoms with Gasteiger partial charge in [0.1, 0.15) is 0 Å². The van der Waals surface area contributed by atoms with Crippen molar-refractivity contribution in [1.82, 2.24) is 0 Å². The number of allylic oxidation sites excluding steroid dienone is 2. The van der Waals surface area contributed by atoms with Gasteiger partial charge in [-0.3, -0.25) is 0 Å². The average Bonchev–Trinajstić information content (AvgIpc) is 2.27. The van der Waals surface area contributed by atoms with Crippen LogP contribution in [0.2, 0.25) is 0 Å². The van der Waals surface area contributed by atoms with Gasteiger partial charge in [0.25, 0.3) is 0 Å². The van der Waals surface area contributed by atoms with Crippen LogP contribution in [0.25, 0.3) is 0 Å². The molecule has 1 atom stereocenters. The van der Waals surface area contributed by atoms with Crippen LogP contribution in [-0.4, -0.2) is 12.6 Å². The molecule has 2 nitrogen and oxygen atoms in total. The Kier molecular flexibility index (Phi) is 3.46. The summed E-state index contributed by atoms with van der Waals surface area (Å²) in [6.07, 6.45) is 8.17. The van der Waals surface area contributed by atoms with E-state index in [1.54, 1.807) is 0 Å². The summed E-state index contributed by atoms with van der Waals surface area (Å²) >= 11 is 0. The van der Waals surface area contributed by atoms with Gasteiger partial charge in [-0.1, -0.05) is 38.2 Å². The van der Waals surface area contributed by atoms with E-state index < -0.39 is 0 Å². The molecule has 0 saturated heterocycles. The molecule has 0 aromatic rings. The molecule has 0 aromatic carbocycles. The second kappa shape index (κ2) is 4.40. The Labute approximate surface area is 80.0 Å². The maximum absolute atomic E-state index is 5.97. The first-order chi connectivity index (χ1) is 6.15. The van der Waals surface area contributed by atoms with Gasteiger partial charge in [-0.25, -0.2) is 0 Å². The Balaban J connectivity index is 2.91. The summed E-state index contributed by atoms with van der Waals surface area (Å²) in [5, 5.41) is 0. The van der Waals surface area contributed by atoms with Crippen LogP contribution in [0.5, 0.6) is 0 Å². The Morgan fingerprint density at radius 1 is 1.38 bits per heavy atom. The fourth-order valence-electron chi connectivity index (χ4n) is 1.42. The fraction of sp³-hybridized carbons (Fsp3) is 0.455. The van der Waals surface area contributed by atoms with Gasteiger partial charge in [0.05, 0.1) is 0 Å². The first kappa shape index (κ1) is 10.2. The van der Waals surface area contributed by atoms with E-state index in [2.05, 4.69) is 26.0 Å². The molecule has 0 fully saturated rings. The van der Waals surface area contributed by atoms with Crippen LogP contribution in [0, 0.1) is 5.92 Å². The lowest BCUT2D eigenvalue weighted by molar-refractivity contribution is 0.704. The molecule has 0 bridgehead atoms. The molecule has 0 heterocycles. The minimum absolute atomic E-state index is 0.0419. The Hall–Kier alpha value is -0.860. The highest BCUT2D eigenvalue weighted by Crippen LogP contribution is 2.17. The summed E-state index contributed by atoms with van der Waals surface area (Å²) in [4.78, 5) is 0. The van der Waals surface area contributed by atoms with Crippen molar-refractivity contribution in [2.75, 3.05) is 6.54 Å². The third-order valence-corrected chi connectivity index (χ3v) is 2.29. The molecule has 0 aromatic heterocycles. The molecular weight excluding hydrogens is 160 g/mol. The number of nitrogens with two attached hydrogens (primary N) is 2. The van der Waals surface area contributed by atoms with Crippen molar-refractivity contribution in [2.45, 2.75) is 19.9 Å². The van der Waals surface area contributed by atoms with Crippen LogP contribution in [0.4, 0.5) is 0 Å². The van der Waals surface area contributed by atoms with Crippen molar-refractivity contribution in [3.8, 4) is 0 Å². The first-order valence-electron chi connectivity index (χ1n) is 4.69. The lowest BCUT2D eigenvalue weighted by Gasteiger charge is -2.14. The van der Waals surface area contributed by atoms with Crippen molar-refractivity contribution in [3.63, 3.8) is 0 Å². The summed E-state index contributed by atoms with van der Waals surface area (Å²) in [7, 11) is 0. The number of rotatable bonds is 2. The molecular formula is C11H18N2. The third kappa shape index (κ3) is 2.54. The van der Waals surface area contributed by atoms with Crippen LogP contribution < -0.4 is 11.5 Å². The van der Waals surface area contributed by atoms with E-state index in [0.717, 1.165) is 5.57 Å². The van der Waals surface area contributed by atoms with Crippen LogP contribution in [0.15, 0.2) is 35.5 Å². The largest absolute Gasteiger partial charge is 0.326 e. The van der Waals surface area contributed by atoms with Gasteiger partial charge in [-0.15, -0.1) is 0 Å². The molecule has 0 amide bonds. The molecule has 1 aliphatic carbocycles. The third-order valence-electron chi connectivity index (χ3n) is 2.29. The van der Waals surface area contributed by atoms with E-state index in [1.165, 1.54) is 5.57 Å². The molecule has 1 aliphatic rings. The van der Waals surface area contributed by atoms with Crippen LogP contribution in [0.3, 0.4) is 0 Å². The van der Waals surface area contributed by atoms with Crippen LogP contribution in [-0.2, 0) is 0 Å². The standard InChI is InChI=1S/C11H18N2/c1-8(2)10-5-3-9(7-12)4-6-11(10)13/h3-6,8,11H,7,12-13H2,1-2H3. The van der Waals surface area contributed by atoms with Gasteiger partial charge in [0, 0.05) is 12.6 Å². The zero-order valence-electron chi connectivity index (χ0n) is 8.33. The summed E-state index contributed by atoms with van der Waals surface area (Å²) in [6, 6.07) is 0.0419. The average molecular weight is 178 g/mol. The van der Waals surface area contributed by atoms with Crippen molar-refractivity contribution in [2.24, 2.45) is 17.4 Å². The molecule has 0 radical (unpaired) electrons. The Bertz CT molecular complexity index is 259. The maximum Gasteiger partial charge on any atom is 0.0449 e. The normalized spacial score (nSPS) is 22.7. The summed E-state index contributed by atoms with van der Waals surface area (Å²) in [6.45, 7) is 4.88. The second-order valence-electron chi connectivity index (χ2n) is 3.65. The van der Waals surface area contributed by atoms with Crippen molar-refractivity contribution < 1.29 is 0 Å². The first-order valence-corrected chi connectivity index (χ1v) is 4.69. The second-order valence-corrected chi connectivity index (χ2v) is 3.65. The van der Waals surface area contributed by atoms with Crippen LogP contribution >= 0.6 is 0 Å². The van der Waals surface area contributed by atoms with E-state index in [0.29, 0.717) is 12.5 Å². The molecule has 1 unspecified atom stereocenters. The predicted octanol–water partition coefficient (Wildman–Crippen LogP) is 1.35. The van der Waals surface area contributed by atoms with Crippen molar-refractivity contribution >= 4 is 0 Å². The summed E-state index contributed by atoms with van der Waals surface area (Å²) in [5.74, 6) is 0.494. The Morgan fingerprint density at radius 2 is 2.08 bits per heavy atom. The molecule has 13 heavy (non-hydrogen) atoms. The zero-order chi connectivity index (χ0) is 9.84. The number of hydrogen-bond donors (Lipinski definition) is 2. The molecule has 72 valence electrons. The quantitative estimate of drug-likeness (QED) is 0.670. The smallest absolute Gasteiger partial charge is 0.0449 e. The minimum atomic E-state index is 0.0419. The monoisotopic (exact) mass is 178 g/mol. The van der Waals surface area contributed by atoms with Gasteiger partial charge in [-0.2, -0.15) is 0 Å². The molecule has 0 saturated carbocycles. The van der Waals surface area contributed by atoms with Crippen molar-refractivity contribution in [1.29, 1.82) is 0 Å². The van der Waals surface area contributed by atoms with E-state index in [-0.39, 0.29) is 6.04 Å². The molecule has 4 N–H and O–H groups in total. The SMILES string of the molecule is CC(C)C1=CC=C(CN)C=CC1N. The summed E-state index contributed by atoms with van der Waals surface area (Å²) in [5.41, 5.74) is 13.9. The topological polar surface area (TPSA) is 52.0 Å². The highest BCUT2D eigenvalue weighted by atomic mass is 14.6. The minimum Gasteiger partial charge on any atom is -0.326 e. The van der Waals surface area contributed by atoms with Crippen molar-refractivity contribution in [3.05, 3.63) is 35.5 Å². The highest BCUT2D eigenvalue weighted by Gasteiger charge is 2.10. The van der Waals surface area contributed by atoms with Gasteiger partial charge >= 0.3 is 0 Å². The molecule has 1 rings (SSSR count). The predicted molar refractivity (Wildman–Crippen MR) is 57.2 cm³/mol. The van der Waals surface area contributed by atoms with Crippen LogP contribution in [0.1, 0.15) is 13.8 Å². The van der Waals surface area contributed by atoms with E-state index in [9.17, 15) is 0 Å². The van der Waals surface area contributed by atoms with Gasteiger partial charge < -0.3 is 11.5 Å². The van der Waals surface area contributed by atoms with E-state index >= 15 is 0 Å². The Morgan fingerprint density at radius 3 is 2.62 bits per heavy atom. The lowest BCUT2D eigenvalue weighted by Crippen LogP contribution is -2.22. The van der Waals surface area contributed by atoms with Gasteiger partial charge in [0.2, 0.25) is 0 Å². The van der Waals surface area contributed by atoms with E-state index in [1.807, 2.05) is 12.2 Å². The molecule has 2 heteroatoms. The lowest BCUT2D eigenvalue weighted by atomic mass is 9.96. The fourth-order valence-corrected chi connectivity index (χ4v) is 1.42.